The van der Waals surface area contributed by atoms with Gasteiger partial charge < -0.3 is 19.9 Å². The molecule has 0 aromatic carbocycles. The van der Waals surface area contributed by atoms with Gasteiger partial charge in [0.15, 0.2) is 0 Å². The Bertz CT molecular complexity index is 817. The smallest absolute Gasteiger partial charge is 0.381 e. The lowest BCUT2D eigenvalue weighted by Gasteiger charge is -2.31. The van der Waals surface area contributed by atoms with Crippen LogP contribution in [0.15, 0.2) is 10.9 Å². The second kappa shape index (κ2) is 8.10. The molecule has 9 heteroatoms. The molecule has 1 aromatic heterocycles. The normalized spacial score (nSPS) is 25.8. The summed E-state index contributed by atoms with van der Waals surface area (Å²) in [5.74, 6) is -0.126. The van der Waals surface area contributed by atoms with Crippen molar-refractivity contribution in [1.82, 2.24) is 15.2 Å². The van der Waals surface area contributed by atoms with Gasteiger partial charge in [-0.05, 0) is 50.2 Å². The van der Waals surface area contributed by atoms with Crippen molar-refractivity contribution in [3.8, 4) is 0 Å². The van der Waals surface area contributed by atoms with Crippen LogP contribution in [0.2, 0.25) is 0 Å². The van der Waals surface area contributed by atoms with Crippen molar-refractivity contribution in [1.29, 1.82) is 0 Å². The Morgan fingerprint density at radius 1 is 1.17 bits per heavy atom. The average molecular weight is 413 g/mol. The Kier molecular flexibility index (Phi) is 5.70. The summed E-state index contributed by atoms with van der Waals surface area (Å²) in [6, 6.07) is 1.70. The number of nitrogens with zero attached hydrogens (tertiary/aromatic N) is 1. The van der Waals surface area contributed by atoms with Gasteiger partial charge in [0.2, 0.25) is 5.91 Å². The molecule has 1 amide bonds. The summed E-state index contributed by atoms with van der Waals surface area (Å²) in [5.41, 5.74) is -1.11. The van der Waals surface area contributed by atoms with E-state index >= 15 is 0 Å². The number of aromatic amines is 1. The lowest BCUT2D eigenvalue weighted by Crippen LogP contribution is -2.43. The van der Waals surface area contributed by atoms with Crippen molar-refractivity contribution >= 4 is 5.91 Å². The number of halogens is 3. The zero-order chi connectivity index (χ0) is 20.6. The monoisotopic (exact) mass is 413 g/mol. The van der Waals surface area contributed by atoms with Crippen LogP contribution in [0, 0.1) is 5.92 Å². The number of nitrogens with one attached hydrogen (secondary N) is 2. The van der Waals surface area contributed by atoms with Gasteiger partial charge in [-0.15, -0.1) is 0 Å². The molecule has 1 aliphatic carbocycles. The predicted molar refractivity (Wildman–Crippen MR) is 99.3 cm³/mol. The molecule has 2 unspecified atom stereocenters. The lowest BCUT2D eigenvalue weighted by molar-refractivity contribution is -0.141. The van der Waals surface area contributed by atoms with Crippen LogP contribution in [-0.4, -0.2) is 47.6 Å². The molecule has 0 spiro atoms. The molecule has 2 aliphatic heterocycles. The number of carbonyl (C=O) groups excluding carboxylic acids is 1. The van der Waals surface area contributed by atoms with Crippen LogP contribution in [0.1, 0.15) is 48.9 Å². The second-order valence-electron chi connectivity index (χ2n) is 8.28. The van der Waals surface area contributed by atoms with E-state index in [2.05, 4.69) is 5.32 Å². The molecule has 0 radical (unpaired) electrons. The fraction of sp³-hybridized carbons (Fsp3) is 0.700. The van der Waals surface area contributed by atoms with Gasteiger partial charge in [0, 0.05) is 49.9 Å². The van der Waals surface area contributed by atoms with E-state index in [0.717, 1.165) is 51.4 Å². The van der Waals surface area contributed by atoms with Crippen LogP contribution in [-0.2, 0) is 28.7 Å². The largest absolute Gasteiger partial charge is 0.431 e. The lowest BCUT2D eigenvalue weighted by atomic mass is 9.98. The first-order valence-electron chi connectivity index (χ1n) is 10.3. The van der Waals surface area contributed by atoms with E-state index in [4.69, 9.17) is 4.74 Å². The van der Waals surface area contributed by atoms with Gasteiger partial charge in [0.05, 0.1) is 0 Å². The van der Waals surface area contributed by atoms with Crippen LogP contribution in [0.3, 0.4) is 0 Å². The van der Waals surface area contributed by atoms with Gasteiger partial charge in [-0.1, -0.05) is 0 Å². The highest BCUT2D eigenvalue weighted by molar-refractivity contribution is 5.79. The minimum absolute atomic E-state index is 0.0132. The van der Waals surface area contributed by atoms with Crippen LogP contribution in [0.25, 0.3) is 0 Å². The average Bonchev–Trinajstić information content (AvgIpc) is 3.15. The fourth-order valence-electron chi connectivity index (χ4n) is 4.74. The number of fused-ring (bicyclic) bond motifs is 1. The molecule has 2 N–H and O–H groups in total. The third kappa shape index (κ3) is 4.50. The number of aromatic nitrogens is 1. The van der Waals surface area contributed by atoms with E-state index in [0.29, 0.717) is 29.8 Å². The van der Waals surface area contributed by atoms with Crippen molar-refractivity contribution in [2.24, 2.45) is 5.92 Å². The standard InChI is InChI=1S/C20H26F3N3O3/c21-20(22,23)17-10-13-11-26(6-3-16(13)18(27)25-17)19(28)12-1-2-15(9-12)24-14-4-7-29-8-5-14/h10,12,14-15,24H,1-9,11H2,(H,25,27). The molecule has 3 heterocycles. The minimum Gasteiger partial charge on any atom is -0.381 e. The number of rotatable bonds is 3. The van der Waals surface area contributed by atoms with Crippen molar-refractivity contribution in [2.45, 2.75) is 63.3 Å². The maximum Gasteiger partial charge on any atom is 0.431 e. The Hall–Kier alpha value is -1.87. The third-order valence-electron chi connectivity index (χ3n) is 6.31. The number of pyridine rings is 1. The summed E-state index contributed by atoms with van der Waals surface area (Å²) in [6.45, 7) is 1.96. The first kappa shape index (κ1) is 20.4. The Morgan fingerprint density at radius 2 is 1.93 bits per heavy atom. The summed E-state index contributed by atoms with van der Waals surface area (Å²) < 4.78 is 44.4. The summed E-state index contributed by atoms with van der Waals surface area (Å²) in [4.78, 5) is 28.5. The van der Waals surface area contributed by atoms with Crippen molar-refractivity contribution in [2.75, 3.05) is 19.8 Å². The summed E-state index contributed by atoms with van der Waals surface area (Å²) in [5, 5.41) is 3.63. The van der Waals surface area contributed by atoms with Crippen LogP contribution in [0.4, 0.5) is 13.2 Å². The van der Waals surface area contributed by atoms with Crippen molar-refractivity contribution in [3.05, 3.63) is 33.2 Å². The van der Waals surface area contributed by atoms with Gasteiger partial charge in [-0.25, -0.2) is 0 Å². The molecule has 2 fully saturated rings. The molecule has 29 heavy (non-hydrogen) atoms. The molecule has 6 nitrogen and oxygen atoms in total. The third-order valence-corrected chi connectivity index (χ3v) is 6.31. The van der Waals surface area contributed by atoms with Gasteiger partial charge in [-0.3, -0.25) is 9.59 Å². The zero-order valence-corrected chi connectivity index (χ0v) is 16.2. The highest BCUT2D eigenvalue weighted by Gasteiger charge is 2.37. The highest BCUT2D eigenvalue weighted by atomic mass is 19.4. The van der Waals surface area contributed by atoms with Gasteiger partial charge in [-0.2, -0.15) is 13.2 Å². The maximum absolute atomic E-state index is 13.0. The number of hydrogen-bond donors (Lipinski definition) is 2. The number of H-pyrrole nitrogens is 1. The molecule has 1 saturated carbocycles. The van der Waals surface area contributed by atoms with Crippen LogP contribution < -0.4 is 10.9 Å². The number of alkyl halides is 3. The second-order valence-corrected chi connectivity index (χ2v) is 8.28. The number of amides is 1. The molecule has 2 atom stereocenters. The molecular weight excluding hydrogens is 387 g/mol. The summed E-state index contributed by atoms with van der Waals surface area (Å²) in [6.07, 6.45) is 0.0905. The zero-order valence-electron chi connectivity index (χ0n) is 16.2. The van der Waals surface area contributed by atoms with Gasteiger partial charge in [0.25, 0.3) is 5.56 Å². The van der Waals surface area contributed by atoms with Crippen molar-refractivity contribution in [3.63, 3.8) is 0 Å². The molecule has 1 aromatic rings. The summed E-state index contributed by atoms with van der Waals surface area (Å²) in [7, 11) is 0. The number of ether oxygens (including phenoxy) is 1. The number of carbonyl (C=O) groups is 1. The highest BCUT2D eigenvalue weighted by Crippen LogP contribution is 2.32. The van der Waals surface area contributed by atoms with E-state index in [1.807, 2.05) is 4.98 Å². The van der Waals surface area contributed by atoms with Crippen LogP contribution >= 0.6 is 0 Å². The van der Waals surface area contributed by atoms with E-state index < -0.39 is 17.4 Å². The quantitative estimate of drug-likeness (QED) is 0.797. The topological polar surface area (TPSA) is 74.4 Å². The molecule has 3 aliphatic rings. The Labute approximate surface area is 166 Å². The predicted octanol–water partition coefficient (Wildman–Crippen LogP) is 2.22. The summed E-state index contributed by atoms with van der Waals surface area (Å²) >= 11 is 0. The number of hydrogen-bond acceptors (Lipinski definition) is 4. The molecule has 0 bridgehead atoms. The maximum atomic E-state index is 13.0. The van der Waals surface area contributed by atoms with Gasteiger partial charge in [0.1, 0.15) is 5.69 Å². The molecule has 1 saturated heterocycles. The molecule has 4 rings (SSSR count). The van der Waals surface area contributed by atoms with Crippen LogP contribution in [0.5, 0.6) is 0 Å². The first-order chi connectivity index (χ1) is 13.8. The molecular formula is C20H26F3N3O3. The van der Waals surface area contributed by atoms with Gasteiger partial charge >= 0.3 is 6.18 Å². The van der Waals surface area contributed by atoms with E-state index in [-0.39, 0.29) is 24.8 Å². The molecule has 160 valence electrons. The van der Waals surface area contributed by atoms with E-state index in [1.165, 1.54) is 0 Å². The Balaban J connectivity index is 1.39. The SMILES string of the molecule is O=C(C1CCC(NC2CCOCC2)C1)N1CCc2c(cc(C(F)(F)F)[nH]c2=O)C1. The minimum atomic E-state index is -4.62. The van der Waals surface area contributed by atoms with E-state index in [9.17, 15) is 22.8 Å². The fourth-order valence-corrected chi connectivity index (χ4v) is 4.74. The Morgan fingerprint density at radius 3 is 2.66 bits per heavy atom. The van der Waals surface area contributed by atoms with E-state index in [1.54, 1.807) is 4.90 Å². The first-order valence-corrected chi connectivity index (χ1v) is 10.3. The van der Waals surface area contributed by atoms with Crippen molar-refractivity contribution < 1.29 is 22.7 Å².